The Kier molecular flexibility index (Phi) is 6.24. The van der Waals surface area contributed by atoms with Gasteiger partial charge in [0, 0.05) is 21.4 Å². The molecule has 24 heavy (non-hydrogen) atoms. The van der Waals surface area contributed by atoms with Crippen LogP contribution in [-0.4, -0.2) is 23.6 Å². The maximum Gasteiger partial charge on any atom is 0.269 e. The molecule has 7 nitrogen and oxygen atoms in total. The molecule has 8 heteroatoms. The molecule has 1 amide bonds. The summed E-state index contributed by atoms with van der Waals surface area (Å²) in [6.07, 6.45) is 1.43. The van der Waals surface area contributed by atoms with Crippen LogP contribution in [0.25, 0.3) is 0 Å². The first kappa shape index (κ1) is 17.9. The van der Waals surface area contributed by atoms with Crippen LogP contribution in [0.4, 0.5) is 11.4 Å². The van der Waals surface area contributed by atoms with E-state index in [1.165, 1.54) is 18.3 Å². The van der Waals surface area contributed by atoms with Gasteiger partial charge in [-0.1, -0.05) is 0 Å². The van der Waals surface area contributed by atoms with Crippen LogP contribution in [0.2, 0.25) is 0 Å². The van der Waals surface area contributed by atoms with Crippen LogP contribution >= 0.6 is 22.6 Å². The average molecular weight is 438 g/mol. The number of amides is 1. The molecule has 0 aliphatic carbocycles. The lowest BCUT2D eigenvalue weighted by Crippen LogP contribution is -2.26. The maximum atomic E-state index is 11.8. The number of hydrogen-bond acceptors (Lipinski definition) is 5. The van der Waals surface area contributed by atoms with Gasteiger partial charge < -0.3 is 5.32 Å². The lowest BCUT2D eigenvalue weighted by Gasteiger charge is -2.08. The third-order valence-corrected chi connectivity index (χ3v) is 3.81. The Bertz CT molecular complexity index is 775. The summed E-state index contributed by atoms with van der Waals surface area (Å²) in [6.45, 7) is 2.06. The number of halogens is 1. The largest absolute Gasteiger partial charge is 0.376 e. The molecule has 0 spiro atoms. The van der Waals surface area contributed by atoms with Gasteiger partial charge in [-0.2, -0.15) is 5.10 Å². The summed E-state index contributed by atoms with van der Waals surface area (Å²) < 4.78 is 1.13. The van der Waals surface area contributed by atoms with Gasteiger partial charge in [0.05, 0.1) is 17.7 Å². The molecule has 0 heterocycles. The lowest BCUT2D eigenvalue weighted by molar-refractivity contribution is -0.384. The number of carbonyl (C=O) groups is 1. The van der Waals surface area contributed by atoms with Crippen molar-refractivity contribution < 1.29 is 9.72 Å². The lowest BCUT2D eigenvalue weighted by atomic mass is 10.2. The molecule has 0 aromatic heterocycles. The molecule has 0 fully saturated rings. The number of nitro groups is 1. The van der Waals surface area contributed by atoms with Crippen molar-refractivity contribution in [2.24, 2.45) is 5.10 Å². The molecule has 0 aliphatic rings. The SMILES string of the molecule is Cc1cc(I)ccc1NCC(=O)NN=Cc1ccc([N+](=O)[O-])cc1. The average Bonchev–Trinajstić information content (AvgIpc) is 2.54. The van der Waals surface area contributed by atoms with E-state index in [9.17, 15) is 14.9 Å². The van der Waals surface area contributed by atoms with E-state index in [-0.39, 0.29) is 18.1 Å². The first-order valence-corrected chi connectivity index (χ1v) is 8.10. The molecule has 0 bridgehead atoms. The Morgan fingerprint density at radius 1 is 1.29 bits per heavy atom. The monoisotopic (exact) mass is 438 g/mol. The smallest absolute Gasteiger partial charge is 0.269 e. The standard InChI is InChI=1S/C16H15IN4O3/c1-11-8-13(17)4-7-15(11)18-10-16(22)20-19-9-12-2-5-14(6-3-12)21(23)24/h2-9,18H,10H2,1H3,(H,20,22). The minimum Gasteiger partial charge on any atom is -0.376 e. The van der Waals surface area contributed by atoms with Crippen LogP contribution in [0.3, 0.4) is 0 Å². The summed E-state index contributed by atoms with van der Waals surface area (Å²) in [6, 6.07) is 11.8. The Balaban J connectivity index is 1.83. The third-order valence-electron chi connectivity index (χ3n) is 3.13. The van der Waals surface area contributed by atoms with Gasteiger partial charge in [-0.15, -0.1) is 0 Å². The minimum atomic E-state index is -0.471. The number of rotatable bonds is 6. The number of nitro benzene ring substituents is 1. The van der Waals surface area contributed by atoms with Crippen LogP contribution in [0.5, 0.6) is 0 Å². The van der Waals surface area contributed by atoms with Crippen molar-refractivity contribution in [2.75, 3.05) is 11.9 Å². The molecule has 2 rings (SSSR count). The van der Waals surface area contributed by atoms with Crippen molar-refractivity contribution in [3.63, 3.8) is 0 Å². The Morgan fingerprint density at radius 2 is 2.00 bits per heavy atom. The number of hydrazone groups is 1. The minimum absolute atomic E-state index is 0.00766. The molecule has 2 aromatic carbocycles. The Morgan fingerprint density at radius 3 is 2.62 bits per heavy atom. The number of carbonyl (C=O) groups excluding carboxylic acids is 1. The van der Waals surface area contributed by atoms with Gasteiger partial charge in [-0.25, -0.2) is 5.43 Å². The van der Waals surface area contributed by atoms with E-state index in [2.05, 4.69) is 38.4 Å². The van der Waals surface area contributed by atoms with Gasteiger partial charge in [0.2, 0.25) is 0 Å². The van der Waals surface area contributed by atoms with Gasteiger partial charge in [0.1, 0.15) is 0 Å². The van der Waals surface area contributed by atoms with Gasteiger partial charge >= 0.3 is 0 Å². The second-order valence-corrected chi connectivity index (χ2v) is 6.20. The Hall–Kier alpha value is -2.49. The van der Waals surface area contributed by atoms with Gasteiger partial charge in [-0.05, 0) is 71.0 Å². The fourth-order valence-electron chi connectivity index (χ4n) is 1.90. The van der Waals surface area contributed by atoms with Crippen molar-refractivity contribution >= 4 is 46.1 Å². The van der Waals surface area contributed by atoms with E-state index in [1.807, 2.05) is 25.1 Å². The van der Waals surface area contributed by atoms with Crippen molar-refractivity contribution in [1.29, 1.82) is 0 Å². The fraction of sp³-hybridized carbons (Fsp3) is 0.125. The zero-order chi connectivity index (χ0) is 17.5. The highest BCUT2D eigenvalue weighted by atomic mass is 127. The third kappa shape index (κ3) is 5.30. The summed E-state index contributed by atoms with van der Waals surface area (Å²) in [5, 5.41) is 17.4. The van der Waals surface area contributed by atoms with Crippen LogP contribution < -0.4 is 10.7 Å². The summed E-state index contributed by atoms with van der Waals surface area (Å²) >= 11 is 2.23. The van der Waals surface area contributed by atoms with Gasteiger partial charge in [-0.3, -0.25) is 14.9 Å². The van der Waals surface area contributed by atoms with E-state index < -0.39 is 4.92 Å². The summed E-state index contributed by atoms with van der Waals surface area (Å²) in [5.41, 5.74) is 5.02. The number of non-ortho nitro benzene ring substituents is 1. The van der Waals surface area contributed by atoms with Crippen LogP contribution in [-0.2, 0) is 4.79 Å². The number of aryl methyl sites for hydroxylation is 1. The first-order valence-electron chi connectivity index (χ1n) is 7.02. The molecule has 124 valence electrons. The quantitative estimate of drug-likeness (QED) is 0.314. The summed E-state index contributed by atoms with van der Waals surface area (Å²) in [7, 11) is 0. The van der Waals surface area contributed by atoms with E-state index in [0.29, 0.717) is 5.56 Å². The molecule has 2 aromatic rings. The number of nitrogens with zero attached hydrogens (tertiary/aromatic N) is 2. The number of nitrogens with one attached hydrogen (secondary N) is 2. The summed E-state index contributed by atoms with van der Waals surface area (Å²) in [4.78, 5) is 21.8. The zero-order valence-electron chi connectivity index (χ0n) is 12.8. The van der Waals surface area contributed by atoms with Crippen molar-refractivity contribution in [1.82, 2.24) is 5.43 Å². The predicted octanol–water partition coefficient (Wildman–Crippen LogP) is 3.07. The van der Waals surface area contributed by atoms with Gasteiger partial charge in [0.15, 0.2) is 0 Å². The second-order valence-electron chi connectivity index (χ2n) is 4.95. The highest BCUT2D eigenvalue weighted by Crippen LogP contribution is 2.17. The van der Waals surface area contributed by atoms with E-state index in [0.717, 1.165) is 14.8 Å². The van der Waals surface area contributed by atoms with Crippen molar-refractivity contribution in [3.8, 4) is 0 Å². The molecule has 2 N–H and O–H groups in total. The van der Waals surface area contributed by atoms with Crippen molar-refractivity contribution in [2.45, 2.75) is 6.92 Å². The van der Waals surface area contributed by atoms with Crippen LogP contribution in [0, 0.1) is 20.6 Å². The van der Waals surface area contributed by atoms with Crippen molar-refractivity contribution in [3.05, 3.63) is 67.3 Å². The first-order chi connectivity index (χ1) is 11.5. The van der Waals surface area contributed by atoms with Gasteiger partial charge in [0.25, 0.3) is 11.6 Å². The summed E-state index contributed by atoms with van der Waals surface area (Å²) in [5.74, 6) is -0.286. The van der Waals surface area contributed by atoms with Crippen LogP contribution in [0.1, 0.15) is 11.1 Å². The number of anilines is 1. The molecule has 0 atom stereocenters. The fourth-order valence-corrected chi connectivity index (χ4v) is 2.55. The number of benzene rings is 2. The molecule has 0 saturated heterocycles. The molecule has 0 aliphatic heterocycles. The molecule has 0 unspecified atom stereocenters. The molecule has 0 saturated carbocycles. The molecular weight excluding hydrogens is 423 g/mol. The predicted molar refractivity (Wildman–Crippen MR) is 101 cm³/mol. The maximum absolute atomic E-state index is 11.8. The second kappa shape index (κ2) is 8.39. The number of hydrogen-bond donors (Lipinski definition) is 2. The highest BCUT2D eigenvalue weighted by molar-refractivity contribution is 14.1. The van der Waals surface area contributed by atoms with Crippen LogP contribution in [0.15, 0.2) is 47.6 Å². The Labute approximate surface area is 152 Å². The van der Waals surface area contributed by atoms with E-state index >= 15 is 0 Å². The highest BCUT2D eigenvalue weighted by Gasteiger charge is 2.04. The van der Waals surface area contributed by atoms with E-state index in [1.54, 1.807) is 12.1 Å². The molecular formula is C16H15IN4O3. The topological polar surface area (TPSA) is 96.6 Å². The zero-order valence-corrected chi connectivity index (χ0v) is 15.0. The van der Waals surface area contributed by atoms with E-state index in [4.69, 9.17) is 0 Å². The normalized spacial score (nSPS) is 10.6. The molecule has 0 radical (unpaired) electrons.